The topological polar surface area (TPSA) is 32.3 Å². The third-order valence-electron chi connectivity index (χ3n) is 5.25. The first-order valence-corrected chi connectivity index (χ1v) is 8.25. The number of hydrogen-bond acceptors (Lipinski definition) is 2. The third-order valence-corrected chi connectivity index (χ3v) is 5.25. The highest BCUT2D eigenvalue weighted by Gasteiger charge is 2.30. The molecular formula is C18H26N2O. The standard InChI is InChI=1S/C18H26N2O/c1-13-5-6-16(12-14(13)2)18(21)20-10-7-15(8-11-20)17-4-3-9-19-17/h5-6,12,15,17,19H,3-4,7-11H2,1-2H3. The average molecular weight is 286 g/mol. The van der Waals surface area contributed by atoms with E-state index in [0.29, 0.717) is 6.04 Å². The van der Waals surface area contributed by atoms with Crippen LogP contribution in [0.4, 0.5) is 0 Å². The van der Waals surface area contributed by atoms with Crippen molar-refractivity contribution in [3.8, 4) is 0 Å². The molecule has 0 saturated carbocycles. The predicted molar refractivity (Wildman–Crippen MR) is 85.6 cm³/mol. The van der Waals surface area contributed by atoms with Crippen LogP contribution in [0.15, 0.2) is 18.2 Å². The molecule has 1 amide bonds. The summed E-state index contributed by atoms with van der Waals surface area (Å²) in [7, 11) is 0. The van der Waals surface area contributed by atoms with Gasteiger partial charge in [0.2, 0.25) is 0 Å². The fourth-order valence-corrected chi connectivity index (χ4v) is 3.68. The number of benzene rings is 1. The summed E-state index contributed by atoms with van der Waals surface area (Å²) in [4.78, 5) is 14.6. The van der Waals surface area contributed by atoms with Gasteiger partial charge in [0.1, 0.15) is 0 Å². The lowest BCUT2D eigenvalue weighted by atomic mass is 9.88. The van der Waals surface area contributed by atoms with Gasteiger partial charge in [0, 0.05) is 24.7 Å². The molecule has 21 heavy (non-hydrogen) atoms. The number of nitrogens with one attached hydrogen (secondary N) is 1. The van der Waals surface area contributed by atoms with Crippen molar-refractivity contribution >= 4 is 5.91 Å². The van der Waals surface area contributed by atoms with Gasteiger partial charge >= 0.3 is 0 Å². The molecule has 1 aromatic rings. The van der Waals surface area contributed by atoms with Crippen molar-refractivity contribution in [2.24, 2.45) is 5.92 Å². The number of piperidine rings is 1. The fourth-order valence-electron chi connectivity index (χ4n) is 3.68. The average Bonchev–Trinajstić information content (AvgIpc) is 3.04. The van der Waals surface area contributed by atoms with Crippen molar-refractivity contribution in [2.75, 3.05) is 19.6 Å². The predicted octanol–water partition coefficient (Wildman–Crippen LogP) is 2.91. The number of rotatable bonds is 2. The highest BCUT2D eigenvalue weighted by Crippen LogP contribution is 2.26. The zero-order valence-electron chi connectivity index (χ0n) is 13.2. The highest BCUT2D eigenvalue weighted by molar-refractivity contribution is 5.94. The van der Waals surface area contributed by atoms with Gasteiger partial charge in [0.05, 0.1) is 0 Å². The van der Waals surface area contributed by atoms with E-state index in [0.717, 1.165) is 37.4 Å². The Morgan fingerprint density at radius 2 is 1.90 bits per heavy atom. The molecule has 1 unspecified atom stereocenters. The maximum Gasteiger partial charge on any atom is 0.253 e. The maximum atomic E-state index is 12.6. The second kappa shape index (κ2) is 6.18. The molecule has 1 atom stereocenters. The van der Waals surface area contributed by atoms with Gasteiger partial charge in [-0.3, -0.25) is 4.79 Å². The molecule has 2 aliphatic rings. The van der Waals surface area contributed by atoms with Crippen LogP contribution < -0.4 is 5.32 Å². The van der Waals surface area contributed by atoms with Crippen LogP contribution in [0.1, 0.15) is 47.2 Å². The Labute approximate surface area is 127 Å². The second-order valence-corrected chi connectivity index (χ2v) is 6.63. The summed E-state index contributed by atoms with van der Waals surface area (Å²) < 4.78 is 0. The van der Waals surface area contributed by atoms with Crippen molar-refractivity contribution in [1.29, 1.82) is 0 Å². The van der Waals surface area contributed by atoms with E-state index in [4.69, 9.17) is 0 Å². The van der Waals surface area contributed by atoms with Crippen LogP contribution in [0.25, 0.3) is 0 Å². The SMILES string of the molecule is Cc1ccc(C(=O)N2CCC(C3CCCN3)CC2)cc1C. The molecule has 0 radical (unpaired) electrons. The summed E-state index contributed by atoms with van der Waals surface area (Å²) >= 11 is 0. The lowest BCUT2D eigenvalue weighted by molar-refractivity contribution is 0.0674. The van der Waals surface area contributed by atoms with Gasteiger partial charge < -0.3 is 10.2 Å². The number of carbonyl (C=O) groups is 1. The smallest absolute Gasteiger partial charge is 0.253 e. The van der Waals surface area contributed by atoms with Crippen molar-refractivity contribution in [3.05, 3.63) is 34.9 Å². The van der Waals surface area contributed by atoms with Crippen LogP contribution in [-0.4, -0.2) is 36.5 Å². The van der Waals surface area contributed by atoms with E-state index in [-0.39, 0.29) is 5.91 Å². The molecule has 1 aromatic carbocycles. The first-order chi connectivity index (χ1) is 10.1. The number of amides is 1. The van der Waals surface area contributed by atoms with Crippen LogP contribution in [0.3, 0.4) is 0 Å². The molecule has 2 heterocycles. The van der Waals surface area contributed by atoms with E-state index in [1.54, 1.807) is 0 Å². The first-order valence-electron chi connectivity index (χ1n) is 8.25. The van der Waals surface area contributed by atoms with Gasteiger partial charge in [-0.1, -0.05) is 6.07 Å². The summed E-state index contributed by atoms with van der Waals surface area (Å²) in [6.07, 6.45) is 4.92. The molecular weight excluding hydrogens is 260 g/mol. The molecule has 3 rings (SSSR count). The first kappa shape index (κ1) is 14.6. The number of likely N-dealkylation sites (tertiary alicyclic amines) is 1. The lowest BCUT2D eigenvalue weighted by Crippen LogP contribution is -2.43. The normalized spacial score (nSPS) is 23.5. The maximum absolute atomic E-state index is 12.6. The molecule has 3 heteroatoms. The fraction of sp³-hybridized carbons (Fsp3) is 0.611. The Morgan fingerprint density at radius 3 is 2.52 bits per heavy atom. The Kier molecular flexibility index (Phi) is 4.29. The molecule has 0 spiro atoms. The summed E-state index contributed by atoms with van der Waals surface area (Å²) in [5, 5.41) is 3.61. The summed E-state index contributed by atoms with van der Waals surface area (Å²) in [5.41, 5.74) is 3.29. The number of aryl methyl sites for hydroxylation is 2. The molecule has 0 bridgehead atoms. The molecule has 2 saturated heterocycles. The number of carbonyl (C=O) groups excluding carboxylic acids is 1. The lowest BCUT2D eigenvalue weighted by Gasteiger charge is -2.35. The number of hydrogen-bond donors (Lipinski definition) is 1. The van der Waals surface area contributed by atoms with Gasteiger partial charge in [-0.05, 0) is 75.3 Å². The van der Waals surface area contributed by atoms with Crippen LogP contribution in [-0.2, 0) is 0 Å². The third kappa shape index (κ3) is 3.13. The van der Waals surface area contributed by atoms with Gasteiger partial charge in [0.25, 0.3) is 5.91 Å². The van der Waals surface area contributed by atoms with E-state index in [2.05, 4.69) is 25.2 Å². The molecule has 2 fully saturated rings. The molecule has 3 nitrogen and oxygen atoms in total. The quantitative estimate of drug-likeness (QED) is 0.906. The van der Waals surface area contributed by atoms with Crippen molar-refractivity contribution in [3.63, 3.8) is 0 Å². The molecule has 0 aromatic heterocycles. The second-order valence-electron chi connectivity index (χ2n) is 6.63. The Morgan fingerprint density at radius 1 is 1.14 bits per heavy atom. The van der Waals surface area contributed by atoms with E-state index in [1.807, 2.05) is 17.0 Å². The van der Waals surface area contributed by atoms with E-state index >= 15 is 0 Å². The van der Waals surface area contributed by atoms with E-state index in [9.17, 15) is 4.79 Å². The van der Waals surface area contributed by atoms with E-state index in [1.165, 1.54) is 30.5 Å². The zero-order valence-corrected chi connectivity index (χ0v) is 13.2. The van der Waals surface area contributed by atoms with Crippen LogP contribution in [0.5, 0.6) is 0 Å². The van der Waals surface area contributed by atoms with Crippen molar-refractivity contribution in [1.82, 2.24) is 10.2 Å². The molecule has 2 aliphatic heterocycles. The van der Waals surface area contributed by atoms with Crippen LogP contribution >= 0.6 is 0 Å². The van der Waals surface area contributed by atoms with Gasteiger partial charge in [-0.2, -0.15) is 0 Å². The van der Waals surface area contributed by atoms with Crippen molar-refractivity contribution in [2.45, 2.75) is 45.6 Å². The largest absolute Gasteiger partial charge is 0.339 e. The zero-order chi connectivity index (χ0) is 14.8. The monoisotopic (exact) mass is 286 g/mol. The van der Waals surface area contributed by atoms with Crippen LogP contribution in [0.2, 0.25) is 0 Å². The minimum atomic E-state index is 0.205. The summed E-state index contributed by atoms with van der Waals surface area (Å²) in [6.45, 7) is 7.16. The summed E-state index contributed by atoms with van der Waals surface area (Å²) in [5.74, 6) is 0.965. The minimum absolute atomic E-state index is 0.205. The molecule has 1 N–H and O–H groups in total. The van der Waals surface area contributed by atoms with Crippen LogP contribution in [0, 0.1) is 19.8 Å². The van der Waals surface area contributed by atoms with Crippen molar-refractivity contribution < 1.29 is 4.79 Å². The number of nitrogens with zero attached hydrogens (tertiary/aromatic N) is 1. The van der Waals surface area contributed by atoms with Gasteiger partial charge in [-0.15, -0.1) is 0 Å². The Balaban J connectivity index is 1.60. The highest BCUT2D eigenvalue weighted by atomic mass is 16.2. The minimum Gasteiger partial charge on any atom is -0.339 e. The van der Waals surface area contributed by atoms with Gasteiger partial charge in [0.15, 0.2) is 0 Å². The molecule has 114 valence electrons. The summed E-state index contributed by atoms with van der Waals surface area (Å²) in [6, 6.07) is 6.75. The Bertz CT molecular complexity index is 512. The molecule has 0 aliphatic carbocycles. The van der Waals surface area contributed by atoms with Gasteiger partial charge in [-0.25, -0.2) is 0 Å². The Hall–Kier alpha value is -1.35. The van der Waals surface area contributed by atoms with E-state index < -0.39 is 0 Å².